The van der Waals surface area contributed by atoms with Crippen LogP contribution in [-0.2, 0) is 9.53 Å². The molecule has 0 bridgehead atoms. The minimum absolute atomic E-state index is 0.0955. The van der Waals surface area contributed by atoms with Crippen LogP contribution in [0.2, 0.25) is 0 Å². The molecule has 2 rings (SSSR count). The van der Waals surface area contributed by atoms with Gasteiger partial charge in [-0.25, -0.2) is 4.79 Å². The number of amides is 1. The van der Waals surface area contributed by atoms with E-state index in [1.165, 1.54) is 0 Å². The number of ether oxygens (including phenoxy) is 1. The first kappa shape index (κ1) is 16.3. The van der Waals surface area contributed by atoms with Crippen LogP contribution < -0.4 is 0 Å². The first-order valence-electron chi connectivity index (χ1n) is 7.07. The third-order valence-electron chi connectivity index (χ3n) is 3.26. The SMILES string of the molecule is CC(C)(C)OC(=O)[C@H]1CCCN1C(=O)c1cccc(I)c1. The second-order valence-corrected chi connectivity index (χ2v) is 7.45. The largest absolute Gasteiger partial charge is 0.458 e. The summed E-state index contributed by atoms with van der Waals surface area (Å²) in [4.78, 5) is 26.5. The van der Waals surface area contributed by atoms with Gasteiger partial charge < -0.3 is 9.64 Å². The highest BCUT2D eigenvalue weighted by molar-refractivity contribution is 14.1. The lowest BCUT2D eigenvalue weighted by atomic mass is 10.1. The molecule has 0 aromatic heterocycles. The van der Waals surface area contributed by atoms with Crippen molar-refractivity contribution >= 4 is 34.5 Å². The summed E-state index contributed by atoms with van der Waals surface area (Å²) in [7, 11) is 0. The van der Waals surface area contributed by atoms with E-state index in [9.17, 15) is 9.59 Å². The molecule has 1 aromatic rings. The zero-order valence-electron chi connectivity index (χ0n) is 12.6. The number of hydrogen-bond acceptors (Lipinski definition) is 3. The van der Waals surface area contributed by atoms with Crippen LogP contribution in [0.25, 0.3) is 0 Å². The molecular weight excluding hydrogens is 381 g/mol. The van der Waals surface area contributed by atoms with Crippen molar-refractivity contribution in [2.24, 2.45) is 0 Å². The monoisotopic (exact) mass is 401 g/mol. The fourth-order valence-corrected chi connectivity index (χ4v) is 2.96. The standard InChI is InChI=1S/C16H20INO3/c1-16(2,3)21-15(20)13-8-5-9-18(13)14(19)11-6-4-7-12(17)10-11/h4,6-7,10,13H,5,8-9H2,1-3H3/t13-/m1/s1. The average Bonchev–Trinajstić information content (AvgIpc) is 2.85. The minimum atomic E-state index is -0.531. The van der Waals surface area contributed by atoms with Gasteiger partial charge in [-0.2, -0.15) is 0 Å². The number of nitrogens with zero attached hydrogens (tertiary/aromatic N) is 1. The molecule has 1 atom stereocenters. The van der Waals surface area contributed by atoms with Gasteiger partial charge in [-0.15, -0.1) is 0 Å². The lowest BCUT2D eigenvalue weighted by molar-refractivity contribution is -0.159. The lowest BCUT2D eigenvalue weighted by Crippen LogP contribution is -2.43. The summed E-state index contributed by atoms with van der Waals surface area (Å²) in [5.74, 6) is -0.402. The molecule has 1 aliphatic rings. The van der Waals surface area contributed by atoms with Crippen molar-refractivity contribution in [3.8, 4) is 0 Å². The maximum atomic E-state index is 12.6. The third kappa shape index (κ3) is 4.18. The Morgan fingerprint density at radius 1 is 1.33 bits per heavy atom. The topological polar surface area (TPSA) is 46.6 Å². The molecule has 1 heterocycles. The highest BCUT2D eigenvalue weighted by Gasteiger charge is 2.37. The van der Waals surface area contributed by atoms with Crippen LogP contribution in [0.4, 0.5) is 0 Å². The van der Waals surface area contributed by atoms with Crippen molar-refractivity contribution < 1.29 is 14.3 Å². The van der Waals surface area contributed by atoms with Crippen LogP contribution in [0.15, 0.2) is 24.3 Å². The van der Waals surface area contributed by atoms with Gasteiger partial charge in [-0.3, -0.25) is 4.79 Å². The summed E-state index contributed by atoms with van der Waals surface area (Å²) >= 11 is 2.18. The molecule has 5 heteroatoms. The Morgan fingerprint density at radius 3 is 2.67 bits per heavy atom. The number of hydrogen-bond donors (Lipinski definition) is 0. The Bertz CT molecular complexity index is 551. The molecule has 0 aliphatic carbocycles. The van der Waals surface area contributed by atoms with E-state index >= 15 is 0 Å². The number of benzene rings is 1. The highest BCUT2D eigenvalue weighted by atomic mass is 127. The van der Waals surface area contributed by atoms with Gasteiger partial charge in [0.25, 0.3) is 5.91 Å². The quantitative estimate of drug-likeness (QED) is 0.565. The molecule has 1 amide bonds. The first-order chi connectivity index (χ1) is 9.78. The number of likely N-dealkylation sites (tertiary alicyclic amines) is 1. The van der Waals surface area contributed by atoms with Crippen molar-refractivity contribution in [3.63, 3.8) is 0 Å². The van der Waals surface area contributed by atoms with Gasteiger partial charge in [0.2, 0.25) is 0 Å². The fourth-order valence-electron chi connectivity index (χ4n) is 2.41. The van der Waals surface area contributed by atoms with E-state index in [1.54, 1.807) is 11.0 Å². The fraction of sp³-hybridized carbons (Fsp3) is 0.500. The Balaban J connectivity index is 2.15. The van der Waals surface area contributed by atoms with E-state index in [-0.39, 0.29) is 11.9 Å². The molecule has 1 fully saturated rings. The molecule has 0 N–H and O–H groups in total. The number of carbonyl (C=O) groups is 2. The van der Waals surface area contributed by atoms with E-state index in [0.29, 0.717) is 18.5 Å². The zero-order valence-corrected chi connectivity index (χ0v) is 14.7. The van der Waals surface area contributed by atoms with E-state index in [1.807, 2.05) is 39.0 Å². The molecule has 0 spiro atoms. The van der Waals surface area contributed by atoms with Crippen molar-refractivity contribution in [1.82, 2.24) is 4.90 Å². The Hall–Kier alpha value is -1.11. The van der Waals surface area contributed by atoms with E-state index in [0.717, 1.165) is 9.99 Å². The number of halogens is 1. The second kappa shape index (κ2) is 6.34. The number of esters is 1. The molecule has 4 nitrogen and oxygen atoms in total. The molecule has 114 valence electrons. The van der Waals surface area contributed by atoms with Crippen molar-refractivity contribution in [2.75, 3.05) is 6.54 Å². The molecule has 0 saturated carbocycles. The summed E-state index contributed by atoms with van der Waals surface area (Å²) in [5, 5.41) is 0. The van der Waals surface area contributed by atoms with Gasteiger partial charge in [-0.05, 0) is 74.4 Å². The summed E-state index contributed by atoms with van der Waals surface area (Å²) in [6.45, 7) is 6.12. The van der Waals surface area contributed by atoms with Gasteiger partial charge in [0.05, 0.1) is 0 Å². The zero-order chi connectivity index (χ0) is 15.6. The van der Waals surface area contributed by atoms with Crippen molar-refractivity contribution in [1.29, 1.82) is 0 Å². The average molecular weight is 401 g/mol. The van der Waals surface area contributed by atoms with Crippen LogP contribution >= 0.6 is 22.6 Å². The lowest BCUT2D eigenvalue weighted by Gasteiger charge is -2.27. The Kier molecular flexibility index (Phi) is 4.91. The van der Waals surface area contributed by atoms with Crippen LogP contribution in [-0.4, -0.2) is 35.0 Å². The smallest absolute Gasteiger partial charge is 0.329 e. The molecule has 21 heavy (non-hydrogen) atoms. The predicted octanol–water partition coefficient (Wildman–Crippen LogP) is 3.24. The molecule has 0 unspecified atom stereocenters. The third-order valence-corrected chi connectivity index (χ3v) is 3.94. The van der Waals surface area contributed by atoms with Crippen LogP contribution in [0.5, 0.6) is 0 Å². The van der Waals surface area contributed by atoms with Crippen LogP contribution in [0.1, 0.15) is 44.0 Å². The highest BCUT2D eigenvalue weighted by Crippen LogP contribution is 2.23. The molecule has 0 radical (unpaired) electrons. The van der Waals surface area contributed by atoms with Crippen molar-refractivity contribution in [3.05, 3.63) is 33.4 Å². The van der Waals surface area contributed by atoms with Gasteiger partial charge in [0.1, 0.15) is 11.6 Å². The van der Waals surface area contributed by atoms with E-state index < -0.39 is 11.6 Å². The Morgan fingerprint density at radius 2 is 2.05 bits per heavy atom. The van der Waals surface area contributed by atoms with Gasteiger partial charge >= 0.3 is 5.97 Å². The van der Waals surface area contributed by atoms with Crippen LogP contribution in [0.3, 0.4) is 0 Å². The van der Waals surface area contributed by atoms with Crippen LogP contribution in [0, 0.1) is 3.57 Å². The molecule has 1 aliphatic heterocycles. The maximum Gasteiger partial charge on any atom is 0.329 e. The van der Waals surface area contributed by atoms with Gasteiger partial charge in [0, 0.05) is 15.7 Å². The van der Waals surface area contributed by atoms with E-state index in [2.05, 4.69) is 22.6 Å². The summed E-state index contributed by atoms with van der Waals surface area (Å²) in [6.07, 6.45) is 1.50. The number of rotatable bonds is 2. The van der Waals surface area contributed by atoms with Gasteiger partial charge in [-0.1, -0.05) is 6.07 Å². The Labute approximate surface area is 139 Å². The first-order valence-corrected chi connectivity index (χ1v) is 8.15. The molecular formula is C16H20INO3. The van der Waals surface area contributed by atoms with E-state index in [4.69, 9.17) is 4.74 Å². The molecule has 1 aromatic carbocycles. The normalized spacial score (nSPS) is 18.7. The maximum absolute atomic E-state index is 12.6. The minimum Gasteiger partial charge on any atom is -0.458 e. The number of carbonyl (C=O) groups excluding carboxylic acids is 2. The predicted molar refractivity (Wildman–Crippen MR) is 89.1 cm³/mol. The van der Waals surface area contributed by atoms with Gasteiger partial charge in [0.15, 0.2) is 0 Å². The summed E-state index contributed by atoms with van der Waals surface area (Å²) in [5.41, 5.74) is 0.0913. The second-order valence-electron chi connectivity index (χ2n) is 6.20. The summed E-state index contributed by atoms with van der Waals surface area (Å²) < 4.78 is 6.43. The summed E-state index contributed by atoms with van der Waals surface area (Å²) in [6, 6.07) is 6.96. The molecule has 1 saturated heterocycles. The van der Waals surface area contributed by atoms with Crippen molar-refractivity contribution in [2.45, 2.75) is 45.3 Å².